The highest BCUT2D eigenvalue weighted by atomic mass is 31.2. The quantitative estimate of drug-likeness (QED) is 0.0230. The van der Waals surface area contributed by atoms with Gasteiger partial charge in [-0.05, 0) is 19.3 Å². The fourth-order valence-electron chi connectivity index (χ4n) is 10.8. The predicted octanol–water partition coefficient (Wildman–Crippen LogP) is 18.2. The minimum Gasteiger partial charge on any atom is -0.394 e. The van der Waals surface area contributed by atoms with Crippen LogP contribution in [0.1, 0.15) is 342 Å². The van der Waals surface area contributed by atoms with Crippen LogP contribution in [0, 0.1) is 0 Å². The molecule has 0 saturated carbocycles. The summed E-state index contributed by atoms with van der Waals surface area (Å²) in [4.78, 5) is 41.3. The third-order valence-corrected chi connectivity index (χ3v) is 16.3. The van der Waals surface area contributed by atoms with Crippen LogP contribution in [0.2, 0.25) is 0 Å². The largest absolute Gasteiger partial charge is 0.394 e. The molecule has 434 valence electrons. The molecule has 0 unspecified atom stereocenters. The molecule has 72 heavy (non-hydrogen) atoms. The first-order valence-electron chi connectivity index (χ1n) is 31.5. The molecule has 0 radical (unpaired) electrons. The molecule has 0 aromatic rings. The topological polar surface area (TPSA) is 169 Å². The van der Waals surface area contributed by atoms with Crippen LogP contribution in [0.25, 0.3) is 0 Å². The average molecular weight is 1070 g/mol. The van der Waals surface area contributed by atoms with Gasteiger partial charge in [0.15, 0.2) is 0 Å². The minimum absolute atomic E-state index is 0.392. The van der Waals surface area contributed by atoms with Gasteiger partial charge in [0.1, 0.15) is 24.4 Å². The van der Waals surface area contributed by atoms with Crippen molar-refractivity contribution in [2.24, 2.45) is 0 Å². The van der Waals surface area contributed by atoms with E-state index < -0.39 is 53.8 Å². The molecule has 0 aromatic carbocycles. The number of rotatable bonds is 61. The lowest BCUT2D eigenvalue weighted by atomic mass is 9.80. The molecule has 0 spiro atoms. The molecular formula is C60H124O10P2. The Morgan fingerprint density at radius 3 is 0.806 bits per heavy atom. The zero-order valence-corrected chi connectivity index (χ0v) is 49.6. The van der Waals surface area contributed by atoms with E-state index in [1.807, 2.05) is 0 Å². The molecule has 0 bridgehead atoms. The first kappa shape index (κ1) is 72.5. The van der Waals surface area contributed by atoms with Crippen molar-refractivity contribution in [3.05, 3.63) is 0 Å². The van der Waals surface area contributed by atoms with E-state index in [9.17, 15) is 34.9 Å². The maximum absolute atomic E-state index is 11.4. The molecular weight excluding hydrogens is 943 g/mol. The van der Waals surface area contributed by atoms with Crippen molar-refractivity contribution < 1.29 is 48.7 Å². The Labute approximate surface area is 449 Å². The van der Waals surface area contributed by atoms with Crippen molar-refractivity contribution in [1.82, 2.24) is 0 Å². The lowest BCUT2D eigenvalue weighted by Crippen LogP contribution is -2.58. The van der Waals surface area contributed by atoms with Gasteiger partial charge in [-0.3, -0.25) is 0 Å². The summed E-state index contributed by atoms with van der Waals surface area (Å²) in [6, 6.07) is 0. The Bertz CT molecular complexity index is 1010. The predicted molar refractivity (Wildman–Crippen MR) is 308 cm³/mol. The van der Waals surface area contributed by atoms with E-state index >= 15 is 0 Å². The monoisotopic (exact) mass is 1070 g/mol. The number of ether oxygens (including phenoxy) is 1. The summed E-state index contributed by atoms with van der Waals surface area (Å²) in [5.41, 5.74) is -1.18. The van der Waals surface area contributed by atoms with Crippen LogP contribution in [0.4, 0.5) is 0 Å². The lowest BCUT2D eigenvalue weighted by Gasteiger charge is -2.45. The number of aliphatic hydroxyl groups is 3. The SMILES string of the molecule is CCCCCCCCCCCCCCCCCCOC(CCCCCCCCCCCCCCCCCC)(CCCCCCCCCCCCCCCCCC)[C@H](OP(O)O)[C@@H](OP(O)O)[C@H](O)[C@H](O)CO. The van der Waals surface area contributed by atoms with Gasteiger partial charge in [0.25, 0.3) is 0 Å². The maximum Gasteiger partial charge on any atom is 0.327 e. The highest BCUT2D eigenvalue weighted by Crippen LogP contribution is 2.45. The molecule has 12 heteroatoms. The van der Waals surface area contributed by atoms with Crippen LogP contribution in [0.15, 0.2) is 0 Å². The third-order valence-electron chi connectivity index (χ3n) is 15.5. The van der Waals surface area contributed by atoms with E-state index in [1.165, 1.54) is 238 Å². The van der Waals surface area contributed by atoms with Crippen molar-refractivity contribution in [3.8, 4) is 0 Å². The molecule has 0 fully saturated rings. The molecule has 0 saturated heterocycles. The second-order valence-corrected chi connectivity index (χ2v) is 23.6. The van der Waals surface area contributed by atoms with Crippen molar-refractivity contribution >= 4 is 17.2 Å². The van der Waals surface area contributed by atoms with Gasteiger partial charge >= 0.3 is 17.2 Å². The molecule has 4 atom stereocenters. The van der Waals surface area contributed by atoms with Gasteiger partial charge in [-0.15, -0.1) is 0 Å². The van der Waals surface area contributed by atoms with Gasteiger partial charge < -0.3 is 48.7 Å². The Morgan fingerprint density at radius 1 is 0.333 bits per heavy atom. The molecule has 0 amide bonds. The van der Waals surface area contributed by atoms with Gasteiger partial charge in [0, 0.05) is 6.61 Å². The summed E-state index contributed by atoms with van der Waals surface area (Å²) in [7, 11) is -6.05. The fourth-order valence-corrected chi connectivity index (χ4v) is 11.8. The Morgan fingerprint density at radius 2 is 0.569 bits per heavy atom. The van der Waals surface area contributed by atoms with E-state index in [0.29, 0.717) is 19.4 Å². The maximum atomic E-state index is 11.4. The number of hydrogen-bond acceptors (Lipinski definition) is 10. The highest BCUT2D eigenvalue weighted by Gasteiger charge is 2.50. The van der Waals surface area contributed by atoms with Crippen LogP contribution < -0.4 is 0 Å². The van der Waals surface area contributed by atoms with Crippen LogP contribution in [-0.4, -0.2) is 78.1 Å². The van der Waals surface area contributed by atoms with Gasteiger partial charge in [0.2, 0.25) is 0 Å². The van der Waals surface area contributed by atoms with E-state index in [1.54, 1.807) is 0 Å². The van der Waals surface area contributed by atoms with Crippen LogP contribution in [0.3, 0.4) is 0 Å². The van der Waals surface area contributed by atoms with Gasteiger partial charge in [-0.25, -0.2) is 0 Å². The second kappa shape index (κ2) is 56.2. The normalized spacial score (nSPS) is 14.0. The second-order valence-electron chi connectivity index (χ2n) is 22.2. The zero-order chi connectivity index (χ0) is 52.9. The van der Waals surface area contributed by atoms with E-state index in [2.05, 4.69) is 20.8 Å². The van der Waals surface area contributed by atoms with Crippen LogP contribution >= 0.6 is 17.2 Å². The van der Waals surface area contributed by atoms with Crippen molar-refractivity contribution in [2.45, 2.75) is 372 Å². The van der Waals surface area contributed by atoms with Gasteiger partial charge in [-0.1, -0.05) is 323 Å². The molecule has 0 aliphatic rings. The number of aliphatic hydroxyl groups excluding tert-OH is 3. The molecule has 0 aliphatic carbocycles. The summed E-state index contributed by atoms with van der Waals surface area (Å²) in [6.45, 7) is 6.40. The summed E-state index contributed by atoms with van der Waals surface area (Å²) >= 11 is 0. The fraction of sp³-hybridized carbons (Fsp3) is 1.00. The molecule has 7 N–H and O–H groups in total. The first-order chi connectivity index (χ1) is 35.2. The smallest absolute Gasteiger partial charge is 0.327 e. The van der Waals surface area contributed by atoms with E-state index in [4.69, 9.17) is 13.8 Å². The first-order valence-corrected chi connectivity index (χ1v) is 33.8. The third kappa shape index (κ3) is 45.5. The van der Waals surface area contributed by atoms with Crippen LogP contribution in [-0.2, 0) is 13.8 Å². The van der Waals surface area contributed by atoms with Crippen LogP contribution in [0.5, 0.6) is 0 Å². The Hall–Kier alpha value is 0.460. The molecule has 0 aliphatic heterocycles. The van der Waals surface area contributed by atoms with Gasteiger partial charge in [-0.2, -0.15) is 0 Å². The molecule has 10 nitrogen and oxygen atoms in total. The molecule has 0 rings (SSSR count). The van der Waals surface area contributed by atoms with Crippen molar-refractivity contribution in [1.29, 1.82) is 0 Å². The molecule has 0 aromatic heterocycles. The Balaban J connectivity index is 5.64. The van der Waals surface area contributed by atoms with Crippen molar-refractivity contribution in [2.75, 3.05) is 13.2 Å². The zero-order valence-electron chi connectivity index (χ0n) is 47.8. The average Bonchev–Trinajstić information content (AvgIpc) is 3.37. The van der Waals surface area contributed by atoms with E-state index in [0.717, 1.165) is 70.6 Å². The standard InChI is InChI=1S/C60H124O10P2/c1-4-7-10-13-16-19-22-25-28-31-34-37-40-43-46-49-52-60(59(70-72(66)67)58(69-71(64)65)57(63)56(62)55-61,53-50-47-44-41-38-35-32-29-26-23-20-17-14-11-8-5-2)68-54-51-48-45-42-39-36-33-30-27-24-21-18-15-12-9-6-3/h56-59,61-67H,4-55H2,1-3H3/t56-,57-,58+,59-/m1/s1. The summed E-state index contributed by atoms with van der Waals surface area (Å²) in [6.07, 6.45) is 54.4. The summed E-state index contributed by atoms with van der Waals surface area (Å²) in [5, 5.41) is 32.0. The highest BCUT2D eigenvalue weighted by molar-refractivity contribution is 7.39. The molecule has 0 heterocycles. The van der Waals surface area contributed by atoms with Crippen molar-refractivity contribution in [3.63, 3.8) is 0 Å². The van der Waals surface area contributed by atoms with E-state index in [-0.39, 0.29) is 0 Å². The Kier molecular flexibility index (Phi) is 56.5. The minimum atomic E-state index is -3.05. The number of unbranched alkanes of at least 4 members (excludes halogenated alkanes) is 45. The summed E-state index contributed by atoms with van der Waals surface area (Å²) < 4.78 is 18.4. The lowest BCUT2D eigenvalue weighted by molar-refractivity contribution is -0.186. The van der Waals surface area contributed by atoms with Gasteiger partial charge in [0.05, 0.1) is 12.2 Å². The summed E-state index contributed by atoms with van der Waals surface area (Å²) in [5.74, 6) is 0. The number of hydrogen-bond donors (Lipinski definition) is 7.